The lowest BCUT2D eigenvalue weighted by molar-refractivity contribution is -0.119. The lowest BCUT2D eigenvalue weighted by Gasteiger charge is -2.24. The molecular weight excluding hydrogens is 563 g/mol. The third-order valence-corrected chi connectivity index (χ3v) is 7.77. The van der Waals surface area contributed by atoms with Gasteiger partial charge in [-0.1, -0.05) is 30.3 Å². The number of hydrogen-bond donors (Lipinski definition) is 1. The molecule has 0 aliphatic rings. The van der Waals surface area contributed by atoms with Gasteiger partial charge >= 0.3 is 0 Å². The number of anilines is 1. The Labute approximate surface area is 212 Å². The molecule has 4 rings (SSSR count). The van der Waals surface area contributed by atoms with E-state index in [0.29, 0.717) is 5.69 Å². The molecule has 0 radical (unpaired) electrons. The molecule has 3 aromatic carbocycles. The van der Waals surface area contributed by atoms with Gasteiger partial charge in [-0.3, -0.25) is 9.10 Å². The summed E-state index contributed by atoms with van der Waals surface area (Å²) in [6.45, 7) is 1.88. The number of amides is 1. The van der Waals surface area contributed by atoms with Gasteiger partial charge in [-0.2, -0.15) is 0 Å². The summed E-state index contributed by atoms with van der Waals surface area (Å²) in [4.78, 5) is 17.2. The Morgan fingerprint density at radius 1 is 1.00 bits per heavy atom. The highest BCUT2D eigenvalue weighted by Gasteiger charge is 2.27. The summed E-state index contributed by atoms with van der Waals surface area (Å²) >= 11 is 2.15. The van der Waals surface area contributed by atoms with Crippen LogP contribution in [0.15, 0.2) is 96.2 Å². The summed E-state index contributed by atoms with van der Waals surface area (Å²) in [7, 11) is -3.92. The van der Waals surface area contributed by atoms with Crippen molar-refractivity contribution in [2.45, 2.75) is 18.4 Å². The lowest BCUT2D eigenvalue weighted by Crippen LogP contribution is -2.40. The molecule has 0 saturated carbocycles. The van der Waals surface area contributed by atoms with Crippen molar-refractivity contribution in [3.05, 3.63) is 106 Å². The van der Waals surface area contributed by atoms with Crippen molar-refractivity contribution in [3.63, 3.8) is 0 Å². The SMILES string of the molecule is Cc1nccn1-c1ccc(CNC(=O)CN(c2ccc(I)cc2)S(=O)(=O)c2ccccc2)cc1. The van der Waals surface area contributed by atoms with Crippen LogP contribution in [0.3, 0.4) is 0 Å². The van der Waals surface area contributed by atoms with Gasteiger partial charge in [0.2, 0.25) is 5.91 Å². The molecule has 1 N–H and O–H groups in total. The number of carbonyl (C=O) groups excluding carboxylic acids is 1. The van der Waals surface area contributed by atoms with E-state index in [2.05, 4.69) is 32.9 Å². The highest BCUT2D eigenvalue weighted by molar-refractivity contribution is 14.1. The molecule has 7 nitrogen and oxygen atoms in total. The van der Waals surface area contributed by atoms with Gasteiger partial charge in [-0.25, -0.2) is 13.4 Å². The van der Waals surface area contributed by atoms with Crippen LogP contribution in [0, 0.1) is 10.5 Å². The van der Waals surface area contributed by atoms with E-state index in [1.165, 1.54) is 12.1 Å². The third kappa shape index (κ3) is 5.48. The van der Waals surface area contributed by atoms with Crippen molar-refractivity contribution in [2.75, 3.05) is 10.8 Å². The molecule has 0 bridgehead atoms. The van der Waals surface area contributed by atoms with Crippen LogP contribution in [0.5, 0.6) is 0 Å². The Kier molecular flexibility index (Phi) is 7.32. The van der Waals surface area contributed by atoms with Gasteiger partial charge in [0.25, 0.3) is 10.0 Å². The van der Waals surface area contributed by atoms with Crippen LogP contribution < -0.4 is 9.62 Å². The molecule has 174 valence electrons. The van der Waals surface area contributed by atoms with Crippen molar-refractivity contribution in [3.8, 4) is 5.69 Å². The second-order valence-electron chi connectivity index (χ2n) is 7.59. The predicted octanol–water partition coefficient (Wildman–Crippen LogP) is 4.30. The number of carbonyl (C=O) groups is 1. The van der Waals surface area contributed by atoms with E-state index in [0.717, 1.165) is 25.0 Å². The normalized spacial score (nSPS) is 11.2. The number of nitrogens with one attached hydrogen (secondary N) is 1. The van der Waals surface area contributed by atoms with E-state index < -0.39 is 15.9 Å². The van der Waals surface area contributed by atoms with Crippen LogP contribution in [0.4, 0.5) is 5.69 Å². The second-order valence-corrected chi connectivity index (χ2v) is 10.7. The van der Waals surface area contributed by atoms with Crippen LogP contribution in [0.1, 0.15) is 11.4 Å². The number of nitrogens with zero attached hydrogens (tertiary/aromatic N) is 3. The number of aryl methyl sites for hydroxylation is 1. The fourth-order valence-electron chi connectivity index (χ4n) is 3.45. The van der Waals surface area contributed by atoms with Gasteiger partial charge < -0.3 is 9.88 Å². The Morgan fingerprint density at radius 3 is 2.29 bits per heavy atom. The summed E-state index contributed by atoms with van der Waals surface area (Å²) in [5, 5.41) is 2.83. The van der Waals surface area contributed by atoms with Crippen LogP contribution in [0.25, 0.3) is 5.69 Å². The molecule has 34 heavy (non-hydrogen) atoms. The molecule has 0 saturated heterocycles. The van der Waals surface area contributed by atoms with Crippen LogP contribution >= 0.6 is 22.6 Å². The lowest BCUT2D eigenvalue weighted by atomic mass is 10.2. The van der Waals surface area contributed by atoms with E-state index in [4.69, 9.17) is 0 Å². The maximum Gasteiger partial charge on any atom is 0.264 e. The molecule has 0 atom stereocenters. The quantitative estimate of drug-likeness (QED) is 0.312. The minimum atomic E-state index is -3.92. The smallest absolute Gasteiger partial charge is 0.264 e. The fraction of sp³-hybridized carbons (Fsp3) is 0.120. The zero-order valence-corrected chi connectivity index (χ0v) is 21.4. The summed E-state index contributed by atoms with van der Waals surface area (Å²) in [5.74, 6) is 0.490. The van der Waals surface area contributed by atoms with Crippen LogP contribution in [0.2, 0.25) is 0 Å². The number of imidazole rings is 1. The van der Waals surface area contributed by atoms with E-state index in [1.54, 1.807) is 36.5 Å². The highest BCUT2D eigenvalue weighted by atomic mass is 127. The number of sulfonamides is 1. The molecule has 0 fully saturated rings. The third-order valence-electron chi connectivity index (χ3n) is 5.26. The Hall–Kier alpha value is -3.18. The average Bonchev–Trinajstić information content (AvgIpc) is 3.28. The van der Waals surface area contributed by atoms with Gasteiger partial charge in [0.15, 0.2) is 0 Å². The van der Waals surface area contributed by atoms with Gasteiger partial charge in [-0.15, -0.1) is 0 Å². The maximum atomic E-state index is 13.3. The van der Waals surface area contributed by atoms with Gasteiger partial charge in [0, 0.05) is 28.2 Å². The topological polar surface area (TPSA) is 84.3 Å². The minimum Gasteiger partial charge on any atom is -0.350 e. The molecule has 0 spiro atoms. The van der Waals surface area contributed by atoms with E-state index in [1.807, 2.05) is 54.1 Å². The van der Waals surface area contributed by atoms with E-state index in [-0.39, 0.29) is 18.0 Å². The number of aromatic nitrogens is 2. The van der Waals surface area contributed by atoms with Crippen molar-refractivity contribution >= 4 is 44.2 Å². The molecule has 0 aliphatic heterocycles. The van der Waals surface area contributed by atoms with Crippen molar-refractivity contribution in [1.29, 1.82) is 0 Å². The molecule has 0 aliphatic carbocycles. The van der Waals surface area contributed by atoms with Crippen molar-refractivity contribution < 1.29 is 13.2 Å². The average molecular weight is 586 g/mol. The molecule has 1 heterocycles. The second kappa shape index (κ2) is 10.4. The first kappa shape index (κ1) is 24.0. The largest absolute Gasteiger partial charge is 0.350 e. The maximum absolute atomic E-state index is 13.3. The number of rotatable bonds is 8. The Balaban J connectivity index is 1.49. The zero-order chi connectivity index (χ0) is 24.1. The first-order valence-electron chi connectivity index (χ1n) is 10.5. The molecule has 1 amide bonds. The first-order valence-corrected chi connectivity index (χ1v) is 13.1. The minimum absolute atomic E-state index is 0.131. The molecule has 9 heteroatoms. The standard InChI is InChI=1S/C25H23IN4O3S/c1-19-27-15-16-29(19)22-11-7-20(8-12-22)17-28-25(31)18-30(23-13-9-21(26)10-14-23)34(32,33)24-5-3-2-4-6-24/h2-16H,17-18H2,1H3,(H,28,31). The first-order chi connectivity index (χ1) is 16.3. The monoisotopic (exact) mass is 586 g/mol. The summed E-state index contributed by atoms with van der Waals surface area (Å²) < 4.78 is 30.8. The van der Waals surface area contributed by atoms with E-state index >= 15 is 0 Å². The van der Waals surface area contributed by atoms with E-state index in [9.17, 15) is 13.2 Å². The summed E-state index contributed by atoms with van der Waals surface area (Å²) in [6, 6.07) is 22.9. The predicted molar refractivity (Wildman–Crippen MR) is 140 cm³/mol. The Bertz CT molecular complexity index is 1370. The fourth-order valence-corrected chi connectivity index (χ4v) is 5.26. The van der Waals surface area contributed by atoms with Crippen molar-refractivity contribution in [2.24, 2.45) is 0 Å². The summed E-state index contributed by atoms with van der Waals surface area (Å²) in [5.41, 5.74) is 2.31. The summed E-state index contributed by atoms with van der Waals surface area (Å²) in [6.07, 6.45) is 3.63. The molecule has 1 aromatic heterocycles. The number of hydrogen-bond acceptors (Lipinski definition) is 4. The highest BCUT2D eigenvalue weighted by Crippen LogP contribution is 2.24. The van der Waals surface area contributed by atoms with Gasteiger partial charge in [0.05, 0.1) is 10.6 Å². The van der Waals surface area contributed by atoms with Gasteiger partial charge in [0.1, 0.15) is 12.4 Å². The molecule has 4 aromatic rings. The van der Waals surface area contributed by atoms with Crippen LogP contribution in [-0.2, 0) is 21.4 Å². The molecule has 0 unspecified atom stereocenters. The van der Waals surface area contributed by atoms with Gasteiger partial charge in [-0.05, 0) is 83.6 Å². The molecular formula is C25H23IN4O3S. The van der Waals surface area contributed by atoms with Crippen LogP contribution in [-0.4, -0.2) is 30.4 Å². The Morgan fingerprint density at radius 2 is 1.68 bits per heavy atom. The number of halogens is 1. The van der Waals surface area contributed by atoms with Crippen molar-refractivity contribution in [1.82, 2.24) is 14.9 Å². The zero-order valence-electron chi connectivity index (χ0n) is 18.4. The number of benzene rings is 3.